The smallest absolute Gasteiger partial charge is 0.135 e. The first-order valence-electron chi connectivity index (χ1n) is 5.97. The summed E-state index contributed by atoms with van der Waals surface area (Å²) in [6, 6.07) is 0. The van der Waals surface area contributed by atoms with Crippen LogP contribution in [0.5, 0.6) is 0 Å². The lowest BCUT2D eigenvalue weighted by atomic mass is 10.1. The Kier molecular flexibility index (Phi) is 3.26. The molecule has 0 bridgehead atoms. The second kappa shape index (κ2) is 4.69. The van der Waals surface area contributed by atoms with Crippen LogP contribution >= 0.6 is 0 Å². The van der Waals surface area contributed by atoms with Crippen molar-refractivity contribution in [2.24, 2.45) is 11.7 Å². The van der Waals surface area contributed by atoms with Crippen LogP contribution in [0.25, 0.3) is 0 Å². The summed E-state index contributed by atoms with van der Waals surface area (Å²) in [4.78, 5) is 10.8. The zero-order valence-electron chi connectivity index (χ0n) is 10.4. The van der Waals surface area contributed by atoms with Gasteiger partial charge in [0.1, 0.15) is 12.1 Å². The Morgan fingerprint density at radius 3 is 3.00 bits per heavy atom. The van der Waals surface area contributed by atoms with Crippen LogP contribution in [0.1, 0.15) is 24.6 Å². The van der Waals surface area contributed by atoms with Crippen LogP contribution in [0.3, 0.4) is 0 Å². The summed E-state index contributed by atoms with van der Waals surface area (Å²) in [6.07, 6.45) is 4.91. The number of anilines is 1. The summed E-state index contributed by atoms with van der Waals surface area (Å²) < 4.78 is 0. The molecule has 0 spiro atoms. The minimum atomic E-state index is 0.0482. The fraction of sp³-hybridized carbons (Fsp3) is 0.583. The third-order valence-electron chi connectivity index (χ3n) is 3.29. The third-order valence-corrected chi connectivity index (χ3v) is 3.29. The highest BCUT2D eigenvalue weighted by Gasteiger charge is 2.20. The molecule has 1 aromatic rings. The minimum absolute atomic E-state index is 0.0482. The van der Waals surface area contributed by atoms with Gasteiger partial charge in [-0.2, -0.15) is 0 Å². The molecule has 0 saturated heterocycles. The van der Waals surface area contributed by atoms with Gasteiger partial charge in [0, 0.05) is 30.8 Å². The average Bonchev–Trinajstić information content (AvgIpc) is 2.76. The zero-order chi connectivity index (χ0) is 12.4. The zero-order valence-corrected chi connectivity index (χ0v) is 10.4. The highest BCUT2D eigenvalue weighted by molar-refractivity contribution is 5.79. The SMILES string of the molecule is CC(CN(C)c1ncnc2c1CCC2)C(=N)N. The Balaban J connectivity index is 2.17. The molecule has 0 aromatic carbocycles. The van der Waals surface area contributed by atoms with E-state index in [1.54, 1.807) is 6.33 Å². The molecule has 0 saturated carbocycles. The van der Waals surface area contributed by atoms with Gasteiger partial charge in [0.25, 0.3) is 0 Å². The molecule has 3 N–H and O–H groups in total. The third kappa shape index (κ3) is 2.38. The number of hydrogen-bond acceptors (Lipinski definition) is 4. The molecule has 5 heteroatoms. The van der Waals surface area contributed by atoms with Gasteiger partial charge in [-0.3, -0.25) is 5.41 Å². The Hall–Kier alpha value is -1.65. The van der Waals surface area contributed by atoms with E-state index in [1.165, 1.54) is 11.3 Å². The van der Waals surface area contributed by atoms with E-state index in [4.69, 9.17) is 11.1 Å². The number of nitrogens with zero attached hydrogens (tertiary/aromatic N) is 3. The first-order valence-corrected chi connectivity index (χ1v) is 5.97. The average molecular weight is 233 g/mol. The quantitative estimate of drug-likeness (QED) is 0.600. The van der Waals surface area contributed by atoms with Crippen LogP contribution in [0.15, 0.2) is 6.33 Å². The molecule has 0 radical (unpaired) electrons. The monoisotopic (exact) mass is 233 g/mol. The van der Waals surface area contributed by atoms with E-state index >= 15 is 0 Å². The Labute approximate surface area is 102 Å². The Morgan fingerprint density at radius 1 is 1.53 bits per heavy atom. The number of aromatic nitrogens is 2. The summed E-state index contributed by atoms with van der Waals surface area (Å²) in [7, 11) is 2.00. The van der Waals surface area contributed by atoms with Crippen LogP contribution in [-0.2, 0) is 12.8 Å². The fourth-order valence-electron chi connectivity index (χ4n) is 2.27. The van der Waals surface area contributed by atoms with E-state index in [2.05, 4.69) is 14.9 Å². The fourth-order valence-corrected chi connectivity index (χ4v) is 2.27. The molecule has 0 fully saturated rings. The topological polar surface area (TPSA) is 78.9 Å². The van der Waals surface area contributed by atoms with Gasteiger partial charge in [0.15, 0.2) is 0 Å². The number of hydrogen-bond donors (Lipinski definition) is 2. The van der Waals surface area contributed by atoms with E-state index in [0.29, 0.717) is 0 Å². The predicted molar refractivity (Wildman–Crippen MR) is 68.4 cm³/mol. The number of nitrogens with one attached hydrogen (secondary N) is 1. The lowest BCUT2D eigenvalue weighted by Gasteiger charge is -2.23. The van der Waals surface area contributed by atoms with Gasteiger partial charge in [-0.15, -0.1) is 0 Å². The van der Waals surface area contributed by atoms with Crippen molar-refractivity contribution in [1.29, 1.82) is 5.41 Å². The molecular formula is C12H19N5. The molecule has 1 heterocycles. The summed E-state index contributed by atoms with van der Waals surface area (Å²) >= 11 is 0. The molecule has 5 nitrogen and oxygen atoms in total. The number of rotatable bonds is 4. The normalized spacial score (nSPS) is 15.4. The van der Waals surface area contributed by atoms with Crippen LogP contribution in [-0.4, -0.2) is 29.4 Å². The second-order valence-electron chi connectivity index (χ2n) is 4.71. The molecular weight excluding hydrogens is 214 g/mol. The van der Waals surface area contributed by atoms with Crippen molar-refractivity contribution >= 4 is 11.7 Å². The standard InChI is InChI=1S/C12H19N5/c1-8(11(13)14)6-17(2)12-9-4-3-5-10(9)15-7-16-12/h7-8H,3-6H2,1-2H3,(H3,13,14). The largest absolute Gasteiger partial charge is 0.387 e. The van der Waals surface area contributed by atoms with Crippen molar-refractivity contribution in [2.75, 3.05) is 18.5 Å². The molecule has 2 rings (SSSR count). The second-order valence-corrected chi connectivity index (χ2v) is 4.71. The van der Waals surface area contributed by atoms with E-state index in [1.807, 2.05) is 14.0 Å². The van der Waals surface area contributed by atoms with Gasteiger partial charge in [0.2, 0.25) is 0 Å². The molecule has 0 aliphatic heterocycles. The lowest BCUT2D eigenvalue weighted by molar-refractivity contribution is 0.718. The van der Waals surface area contributed by atoms with Crippen LogP contribution in [0.2, 0.25) is 0 Å². The Bertz CT molecular complexity index is 429. The van der Waals surface area contributed by atoms with Crippen molar-refractivity contribution in [3.63, 3.8) is 0 Å². The summed E-state index contributed by atoms with van der Waals surface area (Å²) in [5.74, 6) is 1.27. The molecule has 1 aliphatic carbocycles. The van der Waals surface area contributed by atoms with Gasteiger partial charge in [0.05, 0.1) is 5.84 Å². The maximum Gasteiger partial charge on any atom is 0.135 e. The summed E-state index contributed by atoms with van der Waals surface area (Å²) in [5.41, 5.74) is 7.95. The molecule has 0 amide bonds. The Morgan fingerprint density at radius 2 is 2.29 bits per heavy atom. The number of nitrogens with two attached hydrogens (primary N) is 1. The van der Waals surface area contributed by atoms with E-state index in [9.17, 15) is 0 Å². The van der Waals surface area contributed by atoms with Crippen molar-refractivity contribution in [3.8, 4) is 0 Å². The minimum Gasteiger partial charge on any atom is -0.387 e. The lowest BCUT2D eigenvalue weighted by Crippen LogP contribution is -2.33. The molecule has 1 unspecified atom stereocenters. The van der Waals surface area contributed by atoms with E-state index in [-0.39, 0.29) is 11.8 Å². The van der Waals surface area contributed by atoms with E-state index < -0.39 is 0 Å². The van der Waals surface area contributed by atoms with Crippen LogP contribution in [0, 0.1) is 11.3 Å². The predicted octanol–water partition coefficient (Wildman–Crippen LogP) is 0.974. The van der Waals surface area contributed by atoms with Crippen molar-refractivity contribution in [2.45, 2.75) is 26.2 Å². The van der Waals surface area contributed by atoms with Gasteiger partial charge in [-0.1, -0.05) is 6.92 Å². The van der Waals surface area contributed by atoms with Gasteiger partial charge in [-0.05, 0) is 19.3 Å². The van der Waals surface area contributed by atoms with Crippen LogP contribution in [0.4, 0.5) is 5.82 Å². The number of amidine groups is 1. The van der Waals surface area contributed by atoms with Crippen molar-refractivity contribution in [3.05, 3.63) is 17.6 Å². The van der Waals surface area contributed by atoms with Crippen molar-refractivity contribution in [1.82, 2.24) is 9.97 Å². The maximum absolute atomic E-state index is 7.43. The molecule has 1 aliphatic rings. The highest BCUT2D eigenvalue weighted by atomic mass is 15.2. The molecule has 1 atom stereocenters. The summed E-state index contributed by atoms with van der Waals surface area (Å²) in [5, 5.41) is 7.43. The number of aryl methyl sites for hydroxylation is 1. The molecule has 17 heavy (non-hydrogen) atoms. The van der Waals surface area contributed by atoms with Crippen LogP contribution < -0.4 is 10.6 Å². The van der Waals surface area contributed by atoms with Crippen molar-refractivity contribution < 1.29 is 0 Å². The molecule has 92 valence electrons. The van der Waals surface area contributed by atoms with E-state index in [0.717, 1.165) is 31.6 Å². The van der Waals surface area contributed by atoms with Gasteiger partial charge < -0.3 is 10.6 Å². The first kappa shape index (κ1) is 11.8. The van der Waals surface area contributed by atoms with Gasteiger partial charge in [-0.25, -0.2) is 9.97 Å². The highest BCUT2D eigenvalue weighted by Crippen LogP contribution is 2.27. The maximum atomic E-state index is 7.43. The molecule has 1 aromatic heterocycles. The number of fused-ring (bicyclic) bond motifs is 1. The first-order chi connectivity index (χ1) is 8.09. The summed E-state index contributed by atoms with van der Waals surface area (Å²) in [6.45, 7) is 2.68. The van der Waals surface area contributed by atoms with Gasteiger partial charge >= 0.3 is 0 Å².